The third-order valence-electron chi connectivity index (χ3n) is 3.74. The number of hydrogen-bond acceptors (Lipinski definition) is 2. The van der Waals surface area contributed by atoms with Crippen molar-refractivity contribution in [3.8, 4) is 0 Å². The molecule has 0 radical (unpaired) electrons. The summed E-state index contributed by atoms with van der Waals surface area (Å²) in [7, 11) is 0. The summed E-state index contributed by atoms with van der Waals surface area (Å²) in [5.41, 5.74) is 8.66. The van der Waals surface area contributed by atoms with Crippen molar-refractivity contribution in [2.45, 2.75) is 23.3 Å². The lowest BCUT2D eigenvalue weighted by molar-refractivity contribution is 0.565. The molecular formula is C16H15BrFNS. The van der Waals surface area contributed by atoms with Crippen LogP contribution in [0.1, 0.15) is 17.0 Å². The molecule has 0 saturated heterocycles. The molecule has 2 aromatic rings. The van der Waals surface area contributed by atoms with Gasteiger partial charge in [-0.15, -0.1) is 11.8 Å². The Morgan fingerprint density at radius 1 is 1.25 bits per heavy atom. The van der Waals surface area contributed by atoms with Gasteiger partial charge in [0.15, 0.2) is 0 Å². The molecule has 0 spiro atoms. The first-order valence-corrected chi connectivity index (χ1v) is 8.35. The predicted octanol–water partition coefficient (Wildman–Crippen LogP) is 4.35. The SMILES string of the molecule is NC(Cc1cccc(F)c1Br)C1CSc2ccccc21. The zero-order valence-electron chi connectivity index (χ0n) is 10.9. The fourth-order valence-electron chi connectivity index (χ4n) is 2.64. The predicted molar refractivity (Wildman–Crippen MR) is 85.7 cm³/mol. The molecule has 1 aliphatic rings. The molecule has 0 aliphatic carbocycles. The molecule has 20 heavy (non-hydrogen) atoms. The quantitative estimate of drug-likeness (QED) is 0.889. The van der Waals surface area contributed by atoms with Gasteiger partial charge in [-0.3, -0.25) is 0 Å². The Bertz CT molecular complexity index is 632. The van der Waals surface area contributed by atoms with E-state index in [1.807, 2.05) is 17.8 Å². The Hall–Kier alpha value is -0.840. The molecule has 2 atom stereocenters. The standard InChI is InChI=1S/C16H15BrFNS/c17-16-10(4-3-6-13(16)18)8-14(19)12-9-20-15-7-2-1-5-11(12)15/h1-7,12,14H,8-9,19H2. The molecular weight excluding hydrogens is 337 g/mol. The third-order valence-corrected chi connectivity index (χ3v) is 5.84. The highest BCUT2D eigenvalue weighted by Crippen LogP contribution is 2.41. The number of halogens is 2. The van der Waals surface area contributed by atoms with Crippen LogP contribution in [0.5, 0.6) is 0 Å². The molecule has 0 amide bonds. The summed E-state index contributed by atoms with van der Waals surface area (Å²) in [6, 6.07) is 13.5. The lowest BCUT2D eigenvalue weighted by Gasteiger charge is -2.20. The van der Waals surface area contributed by atoms with Gasteiger partial charge in [-0.2, -0.15) is 0 Å². The molecule has 0 bridgehead atoms. The van der Waals surface area contributed by atoms with Crippen LogP contribution >= 0.6 is 27.7 Å². The van der Waals surface area contributed by atoms with Crippen LogP contribution in [0.3, 0.4) is 0 Å². The monoisotopic (exact) mass is 351 g/mol. The number of nitrogens with two attached hydrogens (primary N) is 1. The molecule has 2 N–H and O–H groups in total. The van der Waals surface area contributed by atoms with Gasteiger partial charge in [-0.05, 0) is 45.6 Å². The van der Waals surface area contributed by atoms with E-state index in [0.717, 1.165) is 11.3 Å². The highest BCUT2D eigenvalue weighted by atomic mass is 79.9. The van der Waals surface area contributed by atoms with E-state index in [9.17, 15) is 4.39 Å². The first-order chi connectivity index (χ1) is 9.66. The minimum atomic E-state index is -0.226. The fourth-order valence-corrected chi connectivity index (χ4v) is 4.42. The molecule has 0 aromatic heterocycles. The minimum Gasteiger partial charge on any atom is -0.327 e. The van der Waals surface area contributed by atoms with Gasteiger partial charge in [0.25, 0.3) is 0 Å². The zero-order valence-corrected chi connectivity index (χ0v) is 13.3. The van der Waals surface area contributed by atoms with E-state index in [1.54, 1.807) is 6.07 Å². The lowest BCUT2D eigenvalue weighted by Crippen LogP contribution is -2.31. The van der Waals surface area contributed by atoms with Gasteiger partial charge in [-0.25, -0.2) is 4.39 Å². The molecule has 104 valence electrons. The number of rotatable bonds is 3. The van der Waals surface area contributed by atoms with Gasteiger partial charge in [0.2, 0.25) is 0 Å². The topological polar surface area (TPSA) is 26.0 Å². The second kappa shape index (κ2) is 5.88. The summed E-state index contributed by atoms with van der Waals surface area (Å²) in [5, 5.41) is 0. The second-order valence-corrected chi connectivity index (χ2v) is 6.89. The maximum atomic E-state index is 13.6. The van der Waals surface area contributed by atoms with Crippen molar-refractivity contribution in [2.24, 2.45) is 5.73 Å². The summed E-state index contributed by atoms with van der Waals surface area (Å²) < 4.78 is 14.1. The molecule has 1 aliphatic heterocycles. The van der Waals surface area contributed by atoms with Crippen LogP contribution in [0.15, 0.2) is 51.8 Å². The zero-order chi connectivity index (χ0) is 14.1. The average molecular weight is 352 g/mol. The Kier molecular flexibility index (Phi) is 4.15. The normalized spacial score (nSPS) is 18.9. The minimum absolute atomic E-state index is 0.00394. The van der Waals surface area contributed by atoms with E-state index in [0.29, 0.717) is 16.8 Å². The number of thioether (sulfide) groups is 1. The Morgan fingerprint density at radius 2 is 2.05 bits per heavy atom. The molecule has 0 fully saturated rings. The Labute approximate surface area is 130 Å². The van der Waals surface area contributed by atoms with E-state index in [-0.39, 0.29) is 11.9 Å². The van der Waals surface area contributed by atoms with Crippen molar-refractivity contribution in [1.29, 1.82) is 0 Å². The van der Waals surface area contributed by atoms with E-state index in [1.165, 1.54) is 16.5 Å². The summed E-state index contributed by atoms with van der Waals surface area (Å²) in [6.45, 7) is 0. The van der Waals surface area contributed by atoms with Gasteiger partial charge < -0.3 is 5.73 Å². The maximum Gasteiger partial charge on any atom is 0.137 e. The second-order valence-electron chi connectivity index (χ2n) is 5.04. The molecule has 1 nitrogen and oxygen atoms in total. The summed E-state index contributed by atoms with van der Waals surface area (Å²) in [6.07, 6.45) is 0.678. The van der Waals surface area contributed by atoms with E-state index >= 15 is 0 Å². The van der Waals surface area contributed by atoms with Crippen LogP contribution in [0, 0.1) is 5.82 Å². The van der Waals surface area contributed by atoms with Crippen LogP contribution in [-0.2, 0) is 6.42 Å². The van der Waals surface area contributed by atoms with Gasteiger partial charge in [0.05, 0.1) is 4.47 Å². The fraction of sp³-hybridized carbons (Fsp3) is 0.250. The van der Waals surface area contributed by atoms with Gasteiger partial charge in [0.1, 0.15) is 5.82 Å². The summed E-state index contributed by atoms with van der Waals surface area (Å²) >= 11 is 5.17. The van der Waals surface area contributed by atoms with Crippen LogP contribution in [0.2, 0.25) is 0 Å². The molecule has 2 aromatic carbocycles. The van der Waals surface area contributed by atoms with Gasteiger partial charge in [-0.1, -0.05) is 30.3 Å². The van der Waals surface area contributed by atoms with Crippen LogP contribution in [0.25, 0.3) is 0 Å². The van der Waals surface area contributed by atoms with Crippen molar-refractivity contribution in [1.82, 2.24) is 0 Å². The third kappa shape index (κ3) is 2.65. The van der Waals surface area contributed by atoms with Gasteiger partial charge >= 0.3 is 0 Å². The molecule has 3 rings (SSSR count). The molecule has 2 unspecified atom stereocenters. The van der Waals surface area contributed by atoms with Crippen LogP contribution in [0.4, 0.5) is 4.39 Å². The highest BCUT2D eigenvalue weighted by molar-refractivity contribution is 9.10. The maximum absolute atomic E-state index is 13.6. The number of fused-ring (bicyclic) bond motifs is 1. The summed E-state index contributed by atoms with van der Waals surface area (Å²) in [4.78, 5) is 1.33. The highest BCUT2D eigenvalue weighted by Gasteiger charge is 2.28. The molecule has 4 heteroatoms. The van der Waals surface area contributed by atoms with Crippen molar-refractivity contribution in [3.63, 3.8) is 0 Å². The smallest absolute Gasteiger partial charge is 0.137 e. The number of hydrogen-bond donors (Lipinski definition) is 1. The van der Waals surface area contributed by atoms with Crippen LogP contribution in [-0.4, -0.2) is 11.8 Å². The Morgan fingerprint density at radius 3 is 2.90 bits per heavy atom. The molecule has 1 heterocycles. The van der Waals surface area contributed by atoms with E-state index < -0.39 is 0 Å². The Balaban J connectivity index is 1.81. The first-order valence-electron chi connectivity index (χ1n) is 6.57. The van der Waals surface area contributed by atoms with Crippen molar-refractivity contribution >= 4 is 27.7 Å². The van der Waals surface area contributed by atoms with Crippen molar-refractivity contribution in [2.75, 3.05) is 5.75 Å². The summed E-state index contributed by atoms with van der Waals surface area (Å²) in [5.74, 6) is 1.12. The average Bonchev–Trinajstić information content (AvgIpc) is 2.88. The largest absolute Gasteiger partial charge is 0.327 e. The van der Waals surface area contributed by atoms with Crippen molar-refractivity contribution in [3.05, 3.63) is 63.9 Å². The molecule has 0 saturated carbocycles. The lowest BCUT2D eigenvalue weighted by atomic mass is 9.90. The van der Waals surface area contributed by atoms with Gasteiger partial charge in [0, 0.05) is 22.6 Å². The van der Waals surface area contributed by atoms with E-state index in [4.69, 9.17) is 5.73 Å². The first kappa shape index (κ1) is 14.1. The van der Waals surface area contributed by atoms with E-state index in [2.05, 4.69) is 40.2 Å². The van der Waals surface area contributed by atoms with Crippen molar-refractivity contribution < 1.29 is 4.39 Å². The number of benzene rings is 2. The van der Waals surface area contributed by atoms with Crippen LogP contribution < -0.4 is 5.73 Å².